The monoisotopic (exact) mass is 446 g/mol. The van der Waals surface area contributed by atoms with Crippen molar-refractivity contribution >= 4 is 28.4 Å². The Labute approximate surface area is 200 Å². The molecule has 0 aliphatic carbocycles. The van der Waals surface area contributed by atoms with Gasteiger partial charge < -0.3 is 10.1 Å². The van der Waals surface area contributed by atoms with E-state index in [1.165, 1.54) is 0 Å². The number of hydrogen-bond donors (Lipinski definition) is 1. The van der Waals surface area contributed by atoms with Gasteiger partial charge in [0, 0.05) is 16.8 Å². The van der Waals surface area contributed by atoms with Crippen molar-refractivity contribution in [1.82, 2.24) is 0 Å². The smallest absolute Gasteiger partial charge is 0.266 e. The van der Waals surface area contributed by atoms with Crippen molar-refractivity contribution in [2.75, 3.05) is 5.32 Å². The standard InChI is InChI=1S/C30H26N2O2/c1-20-12-13-22(3)28(16-20)32-30(33)25(18-31)17-24-9-5-7-11-29(24)34-19-27-21(2)14-15-23-8-4-6-10-26(23)27/h4-17H,19H2,1-3H3,(H,32,33)/b25-17+. The molecule has 1 amide bonds. The van der Waals surface area contributed by atoms with E-state index in [9.17, 15) is 10.1 Å². The summed E-state index contributed by atoms with van der Waals surface area (Å²) in [4.78, 5) is 12.9. The minimum Gasteiger partial charge on any atom is -0.488 e. The number of carbonyl (C=O) groups excluding carboxylic acids is 1. The highest BCUT2D eigenvalue weighted by atomic mass is 16.5. The first kappa shape index (κ1) is 22.8. The number of fused-ring (bicyclic) bond motifs is 1. The third-order valence-corrected chi connectivity index (χ3v) is 5.87. The van der Waals surface area contributed by atoms with E-state index in [4.69, 9.17) is 4.74 Å². The van der Waals surface area contributed by atoms with Gasteiger partial charge in [0.15, 0.2) is 0 Å². The molecule has 34 heavy (non-hydrogen) atoms. The predicted octanol–water partition coefficient (Wildman–Crippen LogP) is 6.89. The highest BCUT2D eigenvalue weighted by Crippen LogP contribution is 2.27. The van der Waals surface area contributed by atoms with E-state index in [0.717, 1.165) is 33.0 Å². The molecule has 4 aromatic rings. The first-order valence-corrected chi connectivity index (χ1v) is 11.2. The van der Waals surface area contributed by atoms with Gasteiger partial charge in [-0.25, -0.2) is 0 Å². The summed E-state index contributed by atoms with van der Waals surface area (Å²) < 4.78 is 6.20. The molecule has 168 valence electrons. The number of nitriles is 1. The van der Waals surface area contributed by atoms with Gasteiger partial charge in [-0.3, -0.25) is 4.79 Å². The van der Waals surface area contributed by atoms with Crippen LogP contribution < -0.4 is 10.1 Å². The number of ether oxygens (including phenoxy) is 1. The number of aryl methyl sites for hydroxylation is 3. The van der Waals surface area contributed by atoms with Crippen LogP contribution in [0.2, 0.25) is 0 Å². The van der Waals surface area contributed by atoms with Crippen molar-refractivity contribution in [3.05, 3.63) is 112 Å². The molecule has 0 saturated heterocycles. The van der Waals surface area contributed by atoms with E-state index >= 15 is 0 Å². The fourth-order valence-electron chi connectivity index (χ4n) is 3.88. The summed E-state index contributed by atoms with van der Waals surface area (Å²) in [6.07, 6.45) is 1.58. The number of para-hydroxylation sites is 1. The summed E-state index contributed by atoms with van der Waals surface area (Å²) >= 11 is 0. The summed E-state index contributed by atoms with van der Waals surface area (Å²) in [6.45, 7) is 6.33. The van der Waals surface area contributed by atoms with Crippen molar-refractivity contribution in [3.8, 4) is 11.8 Å². The minimum atomic E-state index is -0.448. The van der Waals surface area contributed by atoms with Crippen LogP contribution in [-0.4, -0.2) is 5.91 Å². The van der Waals surface area contributed by atoms with Gasteiger partial charge in [-0.15, -0.1) is 0 Å². The number of hydrogen-bond acceptors (Lipinski definition) is 3. The predicted molar refractivity (Wildman–Crippen MR) is 138 cm³/mol. The van der Waals surface area contributed by atoms with E-state index in [1.807, 2.05) is 74.5 Å². The van der Waals surface area contributed by atoms with Crippen LogP contribution in [0.15, 0.2) is 84.4 Å². The first-order chi connectivity index (χ1) is 16.5. The van der Waals surface area contributed by atoms with Gasteiger partial charge in [0.2, 0.25) is 0 Å². The lowest BCUT2D eigenvalue weighted by Gasteiger charge is -2.14. The van der Waals surface area contributed by atoms with Crippen LogP contribution in [-0.2, 0) is 11.4 Å². The third kappa shape index (κ3) is 5.00. The molecule has 0 spiro atoms. The Bertz CT molecular complexity index is 1440. The molecule has 0 aliphatic heterocycles. The van der Waals surface area contributed by atoms with Crippen LogP contribution in [0.3, 0.4) is 0 Å². The molecule has 0 fully saturated rings. The molecule has 0 heterocycles. The number of benzene rings is 4. The summed E-state index contributed by atoms with van der Waals surface area (Å²) in [6, 6.07) is 27.7. The average Bonchev–Trinajstić information content (AvgIpc) is 2.84. The molecule has 4 nitrogen and oxygen atoms in total. The molecule has 4 rings (SSSR count). The fourth-order valence-corrected chi connectivity index (χ4v) is 3.88. The Balaban J connectivity index is 1.59. The van der Waals surface area contributed by atoms with Crippen LogP contribution in [0.5, 0.6) is 5.75 Å². The normalized spacial score (nSPS) is 11.2. The van der Waals surface area contributed by atoms with Gasteiger partial charge in [-0.1, -0.05) is 66.7 Å². The molecule has 4 heteroatoms. The van der Waals surface area contributed by atoms with E-state index in [0.29, 0.717) is 23.6 Å². The summed E-state index contributed by atoms with van der Waals surface area (Å²) in [5, 5.41) is 14.9. The lowest BCUT2D eigenvalue weighted by Crippen LogP contribution is -2.14. The van der Waals surface area contributed by atoms with Gasteiger partial charge in [0.25, 0.3) is 5.91 Å². The maximum atomic E-state index is 12.9. The number of anilines is 1. The van der Waals surface area contributed by atoms with E-state index in [-0.39, 0.29) is 5.57 Å². The van der Waals surface area contributed by atoms with Crippen molar-refractivity contribution < 1.29 is 9.53 Å². The Morgan fingerprint density at radius 2 is 1.68 bits per heavy atom. The Kier molecular flexibility index (Phi) is 6.75. The minimum absolute atomic E-state index is 0.0123. The molecule has 0 saturated carbocycles. The van der Waals surface area contributed by atoms with Gasteiger partial charge in [-0.2, -0.15) is 5.26 Å². The zero-order valence-corrected chi connectivity index (χ0v) is 19.6. The molecule has 0 aliphatic rings. The average molecular weight is 447 g/mol. The zero-order chi connectivity index (χ0) is 24.1. The number of amides is 1. The van der Waals surface area contributed by atoms with E-state index < -0.39 is 5.91 Å². The highest BCUT2D eigenvalue weighted by Gasteiger charge is 2.13. The largest absolute Gasteiger partial charge is 0.488 e. The van der Waals surface area contributed by atoms with Crippen molar-refractivity contribution in [2.45, 2.75) is 27.4 Å². The number of nitrogens with one attached hydrogen (secondary N) is 1. The molecular weight excluding hydrogens is 420 g/mol. The molecule has 0 atom stereocenters. The van der Waals surface area contributed by atoms with E-state index in [1.54, 1.807) is 6.08 Å². The summed E-state index contributed by atoms with van der Waals surface area (Å²) in [5.41, 5.74) is 5.62. The second-order valence-electron chi connectivity index (χ2n) is 8.35. The fraction of sp³-hybridized carbons (Fsp3) is 0.133. The lowest BCUT2D eigenvalue weighted by molar-refractivity contribution is -0.112. The molecule has 0 unspecified atom stereocenters. The molecule has 4 aromatic carbocycles. The van der Waals surface area contributed by atoms with Gasteiger partial charge in [-0.05, 0) is 66.4 Å². The first-order valence-electron chi connectivity index (χ1n) is 11.2. The topological polar surface area (TPSA) is 62.1 Å². The quantitative estimate of drug-likeness (QED) is 0.259. The molecular formula is C30H26N2O2. The van der Waals surface area contributed by atoms with Crippen molar-refractivity contribution in [2.24, 2.45) is 0 Å². The van der Waals surface area contributed by atoms with E-state index in [2.05, 4.69) is 36.5 Å². The second-order valence-corrected chi connectivity index (χ2v) is 8.35. The Morgan fingerprint density at radius 1 is 0.941 bits per heavy atom. The van der Waals surface area contributed by atoms with Crippen LogP contribution >= 0.6 is 0 Å². The number of carbonyl (C=O) groups is 1. The van der Waals surface area contributed by atoms with Crippen LogP contribution in [0.25, 0.3) is 16.8 Å². The van der Waals surface area contributed by atoms with Gasteiger partial charge in [0.05, 0.1) is 0 Å². The molecule has 0 aromatic heterocycles. The summed E-state index contributed by atoms with van der Waals surface area (Å²) in [7, 11) is 0. The molecule has 0 radical (unpaired) electrons. The maximum absolute atomic E-state index is 12.9. The number of nitrogens with zero attached hydrogens (tertiary/aromatic N) is 1. The van der Waals surface area contributed by atoms with Crippen molar-refractivity contribution in [3.63, 3.8) is 0 Å². The zero-order valence-electron chi connectivity index (χ0n) is 19.6. The van der Waals surface area contributed by atoms with Gasteiger partial charge >= 0.3 is 0 Å². The maximum Gasteiger partial charge on any atom is 0.266 e. The third-order valence-electron chi connectivity index (χ3n) is 5.87. The Morgan fingerprint density at radius 3 is 2.50 bits per heavy atom. The molecule has 0 bridgehead atoms. The molecule has 1 N–H and O–H groups in total. The highest BCUT2D eigenvalue weighted by molar-refractivity contribution is 6.10. The summed E-state index contributed by atoms with van der Waals surface area (Å²) in [5.74, 6) is 0.165. The van der Waals surface area contributed by atoms with Gasteiger partial charge in [0.1, 0.15) is 24.0 Å². The van der Waals surface area contributed by atoms with Crippen molar-refractivity contribution in [1.29, 1.82) is 5.26 Å². The van der Waals surface area contributed by atoms with Crippen LogP contribution in [0, 0.1) is 32.1 Å². The SMILES string of the molecule is Cc1ccc(C)c(NC(=O)/C(C#N)=C/c2ccccc2OCc2c(C)ccc3ccccc23)c1. The Hall–Kier alpha value is -4.36. The second kappa shape index (κ2) is 10.1. The van der Waals surface area contributed by atoms with Crippen LogP contribution in [0.1, 0.15) is 27.8 Å². The lowest BCUT2D eigenvalue weighted by atomic mass is 10.0. The van der Waals surface area contributed by atoms with Crippen LogP contribution in [0.4, 0.5) is 5.69 Å². The number of rotatable bonds is 6.